The zero-order valence-corrected chi connectivity index (χ0v) is 21.4. The summed E-state index contributed by atoms with van der Waals surface area (Å²) in [5.41, 5.74) is 6.34. The van der Waals surface area contributed by atoms with Crippen LogP contribution in [0.2, 0.25) is 5.15 Å². The van der Waals surface area contributed by atoms with Gasteiger partial charge in [0.25, 0.3) is 10.0 Å². The number of carbonyl (C=O) groups is 2. The summed E-state index contributed by atoms with van der Waals surface area (Å²) in [5, 5.41) is 25.5. The number of carbonyl (C=O) groups excluding carboxylic acids is 1. The molecule has 38 heavy (non-hydrogen) atoms. The molecule has 0 bridgehead atoms. The number of pyridine rings is 1. The number of alkyl halides is 3. The molecule has 0 unspecified atom stereocenters. The Labute approximate surface area is 222 Å². The van der Waals surface area contributed by atoms with Gasteiger partial charge in [-0.05, 0) is 36.8 Å². The van der Waals surface area contributed by atoms with E-state index in [0.717, 1.165) is 11.3 Å². The van der Waals surface area contributed by atoms with Gasteiger partial charge < -0.3 is 20.8 Å². The van der Waals surface area contributed by atoms with Gasteiger partial charge in [-0.25, -0.2) is 18.2 Å². The van der Waals surface area contributed by atoms with Crippen LogP contribution in [0.4, 0.5) is 13.2 Å². The van der Waals surface area contributed by atoms with E-state index in [4.69, 9.17) is 32.6 Å². The van der Waals surface area contributed by atoms with Crippen molar-refractivity contribution in [3.05, 3.63) is 52.8 Å². The second-order valence-electron chi connectivity index (χ2n) is 7.86. The Balaban J connectivity index is 0.000000505. The van der Waals surface area contributed by atoms with Crippen LogP contribution in [0.15, 0.2) is 40.7 Å². The molecule has 0 aliphatic carbocycles. The van der Waals surface area contributed by atoms with E-state index in [2.05, 4.69) is 9.71 Å². The number of aromatic hydroxyl groups is 1. The number of phenolic OH excluding ortho intramolecular Hbond substituents is 1. The molecule has 1 aromatic carbocycles. The van der Waals surface area contributed by atoms with Crippen LogP contribution in [0.3, 0.4) is 0 Å². The molecule has 3 heterocycles. The average Bonchev–Trinajstić information content (AvgIpc) is 3.41. The second-order valence-corrected chi connectivity index (χ2v) is 11.2. The number of fused-ring (bicyclic) bond motifs is 1. The van der Waals surface area contributed by atoms with Gasteiger partial charge in [0.15, 0.2) is 0 Å². The fraction of sp³-hybridized carbons (Fsp3) is 0.238. The Morgan fingerprint density at radius 2 is 1.97 bits per heavy atom. The van der Waals surface area contributed by atoms with Crippen molar-refractivity contribution in [2.45, 2.75) is 29.4 Å². The molecule has 0 spiro atoms. The number of nitrogen functional groups attached to an aromatic ring is 1. The van der Waals surface area contributed by atoms with E-state index in [1.54, 1.807) is 6.07 Å². The lowest BCUT2D eigenvalue weighted by atomic mass is 10.1. The minimum absolute atomic E-state index is 0.0300. The Bertz CT molecular complexity index is 1510. The number of benzene rings is 1. The molecule has 1 amide bonds. The van der Waals surface area contributed by atoms with E-state index in [1.807, 2.05) is 0 Å². The summed E-state index contributed by atoms with van der Waals surface area (Å²) < 4.78 is 60.6. The van der Waals surface area contributed by atoms with E-state index >= 15 is 0 Å². The van der Waals surface area contributed by atoms with Crippen LogP contribution in [0, 0.1) is 5.41 Å². The van der Waals surface area contributed by atoms with Gasteiger partial charge in [0.2, 0.25) is 5.91 Å². The molecule has 2 aromatic heterocycles. The van der Waals surface area contributed by atoms with Crippen LogP contribution in [-0.4, -0.2) is 65.0 Å². The predicted molar refractivity (Wildman–Crippen MR) is 132 cm³/mol. The number of amides is 1. The summed E-state index contributed by atoms with van der Waals surface area (Å²) in [6.07, 6.45) is -3.29. The van der Waals surface area contributed by atoms with Gasteiger partial charge in [0.1, 0.15) is 27.0 Å². The Hall–Kier alpha value is -3.47. The number of hydrogen-bond donors (Lipinski definition) is 5. The quantitative estimate of drug-likeness (QED) is 0.164. The number of hydrogen-bond acceptors (Lipinski definition) is 8. The molecule has 204 valence electrons. The maximum atomic E-state index is 12.8. The number of likely N-dealkylation sites (tertiary alicyclic amines) is 1. The molecule has 0 radical (unpaired) electrons. The third-order valence-corrected chi connectivity index (χ3v) is 8.57. The van der Waals surface area contributed by atoms with Crippen molar-refractivity contribution in [2.75, 3.05) is 6.54 Å². The normalized spacial score (nSPS) is 15.8. The smallest absolute Gasteiger partial charge is 0.490 e. The fourth-order valence-electron chi connectivity index (χ4n) is 3.38. The van der Waals surface area contributed by atoms with Crippen LogP contribution in [0.5, 0.6) is 5.75 Å². The number of nitrogens with two attached hydrogens (primary N) is 1. The first kappa shape index (κ1) is 29.1. The minimum Gasteiger partial charge on any atom is -0.508 e. The summed E-state index contributed by atoms with van der Waals surface area (Å²) in [5.74, 6) is -3.33. The molecule has 11 nitrogen and oxygen atoms in total. The lowest BCUT2D eigenvalue weighted by Crippen LogP contribution is -2.41. The Morgan fingerprint density at radius 1 is 1.32 bits per heavy atom. The van der Waals surface area contributed by atoms with Gasteiger partial charge in [0, 0.05) is 40.5 Å². The molecule has 1 saturated heterocycles. The first-order valence-electron chi connectivity index (χ1n) is 10.4. The number of thiophene rings is 1. The molecular formula is C21H19ClF3N5O6S2. The molecule has 6 N–H and O–H groups in total. The largest absolute Gasteiger partial charge is 0.508 e. The van der Waals surface area contributed by atoms with Crippen LogP contribution < -0.4 is 10.5 Å². The van der Waals surface area contributed by atoms with Crippen molar-refractivity contribution in [1.82, 2.24) is 14.6 Å². The van der Waals surface area contributed by atoms with Crippen molar-refractivity contribution < 1.29 is 41.4 Å². The highest BCUT2D eigenvalue weighted by Gasteiger charge is 2.38. The van der Waals surface area contributed by atoms with Gasteiger partial charge in [-0.1, -0.05) is 11.6 Å². The maximum Gasteiger partial charge on any atom is 0.490 e. The maximum absolute atomic E-state index is 12.8. The summed E-state index contributed by atoms with van der Waals surface area (Å²) in [6, 6.07) is 6.67. The zero-order chi connectivity index (χ0) is 28.4. The van der Waals surface area contributed by atoms with Crippen LogP contribution >= 0.6 is 22.9 Å². The number of halogens is 4. The minimum atomic E-state index is -5.08. The standard InChI is InChI=1S/C19H18ClN5O4S2.C2HF3O2/c20-17-12-8-16(30-15(12)3-5-23-17)31(28,29)24-13-4-6-25(19(13)27)9-11-7-10(18(21)22)1-2-14(11)26;3-2(4,5)1(6)7/h1-3,5,7-8,13,24,26H,4,6,9H2,(H3,21,22);(H,6,7)/t13-;/m0./s1. The van der Waals surface area contributed by atoms with Crippen molar-refractivity contribution >= 4 is 60.8 Å². The highest BCUT2D eigenvalue weighted by Crippen LogP contribution is 2.33. The molecular weight excluding hydrogens is 575 g/mol. The third kappa shape index (κ3) is 6.69. The van der Waals surface area contributed by atoms with E-state index in [1.165, 1.54) is 35.4 Å². The van der Waals surface area contributed by atoms with Crippen molar-refractivity contribution in [1.29, 1.82) is 5.41 Å². The Kier molecular flexibility index (Phi) is 8.50. The molecule has 1 atom stereocenters. The monoisotopic (exact) mass is 593 g/mol. The summed E-state index contributed by atoms with van der Waals surface area (Å²) >= 11 is 7.08. The SMILES string of the molecule is N=C(N)c1ccc(O)c(CN2CC[C@H](NS(=O)(=O)c3cc4c(Cl)nccc4s3)C2=O)c1.O=C(O)C(F)(F)F. The van der Waals surface area contributed by atoms with Gasteiger partial charge in [-0.15, -0.1) is 11.3 Å². The molecule has 1 fully saturated rings. The zero-order valence-electron chi connectivity index (χ0n) is 19.0. The second kappa shape index (κ2) is 11.1. The number of rotatable bonds is 6. The van der Waals surface area contributed by atoms with E-state index in [0.29, 0.717) is 34.2 Å². The molecule has 0 saturated carbocycles. The average molecular weight is 594 g/mol. The van der Waals surface area contributed by atoms with Crippen molar-refractivity contribution in [3.8, 4) is 5.75 Å². The molecule has 17 heteroatoms. The van der Waals surface area contributed by atoms with E-state index < -0.39 is 34.1 Å². The van der Waals surface area contributed by atoms with Gasteiger partial charge in [0.05, 0.1) is 0 Å². The van der Waals surface area contributed by atoms with Crippen LogP contribution in [0.25, 0.3) is 10.1 Å². The van der Waals surface area contributed by atoms with E-state index in [-0.39, 0.29) is 27.5 Å². The number of phenols is 1. The van der Waals surface area contributed by atoms with Crippen LogP contribution in [0.1, 0.15) is 17.5 Å². The molecule has 1 aliphatic heterocycles. The lowest BCUT2D eigenvalue weighted by Gasteiger charge is -2.18. The Morgan fingerprint density at radius 3 is 2.55 bits per heavy atom. The summed E-state index contributed by atoms with van der Waals surface area (Å²) in [7, 11) is -3.94. The summed E-state index contributed by atoms with van der Waals surface area (Å²) in [4.78, 5) is 27.1. The number of aromatic nitrogens is 1. The molecule has 4 rings (SSSR count). The number of nitrogens with zero attached hydrogens (tertiary/aromatic N) is 2. The van der Waals surface area contributed by atoms with Gasteiger partial charge >= 0.3 is 12.1 Å². The predicted octanol–water partition coefficient (Wildman–Crippen LogP) is 2.65. The first-order chi connectivity index (χ1) is 17.6. The van der Waals surface area contributed by atoms with Gasteiger partial charge in [-0.3, -0.25) is 10.2 Å². The summed E-state index contributed by atoms with van der Waals surface area (Å²) in [6.45, 7) is 0.395. The number of aliphatic carboxylic acids is 1. The molecule has 3 aromatic rings. The number of amidine groups is 1. The van der Waals surface area contributed by atoms with Crippen LogP contribution in [-0.2, 0) is 26.2 Å². The van der Waals surface area contributed by atoms with Crippen molar-refractivity contribution in [3.63, 3.8) is 0 Å². The topological polar surface area (TPSA) is 187 Å². The highest BCUT2D eigenvalue weighted by atomic mass is 35.5. The first-order valence-corrected chi connectivity index (χ1v) is 13.1. The number of sulfonamides is 1. The number of carboxylic acid groups (broad SMARTS) is 1. The number of carboxylic acids is 1. The van der Waals surface area contributed by atoms with Gasteiger partial charge in [-0.2, -0.15) is 17.9 Å². The highest BCUT2D eigenvalue weighted by molar-refractivity contribution is 7.91. The van der Waals surface area contributed by atoms with Crippen molar-refractivity contribution in [2.24, 2.45) is 5.73 Å². The molecule has 1 aliphatic rings. The fourth-order valence-corrected chi connectivity index (χ4v) is 6.27. The van der Waals surface area contributed by atoms with E-state index in [9.17, 15) is 31.5 Å². The lowest BCUT2D eigenvalue weighted by molar-refractivity contribution is -0.192. The third-order valence-electron chi connectivity index (χ3n) is 5.23. The number of nitrogens with one attached hydrogen (secondary N) is 2.